The van der Waals surface area contributed by atoms with Gasteiger partial charge in [-0.2, -0.15) is 25.8 Å². The first-order valence-electron chi connectivity index (χ1n) is 3.07. The van der Waals surface area contributed by atoms with E-state index in [-0.39, 0.29) is 5.75 Å². The lowest BCUT2D eigenvalue weighted by molar-refractivity contribution is -0.174. The first-order chi connectivity index (χ1) is 5.79. The second kappa shape index (κ2) is 4.47. The van der Waals surface area contributed by atoms with Gasteiger partial charge in [-0.25, -0.2) is 0 Å². The second-order valence-corrected chi connectivity index (χ2v) is 2.47. The van der Waals surface area contributed by atoms with Gasteiger partial charge in [0.1, 0.15) is 0 Å². The molecule has 0 aromatic carbocycles. The number of carbonyl (C=O) groups excluding carboxylic acids is 2. The van der Waals surface area contributed by atoms with E-state index in [2.05, 4.69) is 12.6 Å². The molecular weight excluding hydrogens is 209 g/mol. The number of halogens is 3. The summed E-state index contributed by atoms with van der Waals surface area (Å²) in [7, 11) is 0. The van der Waals surface area contributed by atoms with E-state index < -0.39 is 24.0 Å². The number of imide groups is 1. The number of nitrogens with two attached hydrogens (primary N) is 1. The van der Waals surface area contributed by atoms with Gasteiger partial charge in [-0.1, -0.05) is 0 Å². The fourth-order valence-electron chi connectivity index (χ4n) is 0.358. The van der Waals surface area contributed by atoms with Gasteiger partial charge in [0.05, 0.1) is 6.04 Å². The van der Waals surface area contributed by atoms with Gasteiger partial charge < -0.3 is 5.73 Å². The summed E-state index contributed by atoms with van der Waals surface area (Å²) >= 11 is 3.57. The Morgan fingerprint density at radius 3 is 2.23 bits per heavy atom. The van der Waals surface area contributed by atoms with Crippen molar-refractivity contribution in [3.63, 3.8) is 0 Å². The molecule has 4 nitrogen and oxygen atoms in total. The zero-order valence-electron chi connectivity index (χ0n) is 6.26. The molecule has 0 fully saturated rings. The predicted octanol–water partition coefficient (Wildman–Crippen LogP) is -0.551. The van der Waals surface area contributed by atoms with Crippen LogP contribution in [0.25, 0.3) is 0 Å². The molecule has 0 saturated heterocycles. The van der Waals surface area contributed by atoms with Crippen molar-refractivity contribution in [1.82, 2.24) is 5.32 Å². The van der Waals surface area contributed by atoms with E-state index in [0.29, 0.717) is 0 Å². The molecule has 3 N–H and O–H groups in total. The van der Waals surface area contributed by atoms with Gasteiger partial charge in [-0.15, -0.1) is 0 Å². The monoisotopic (exact) mass is 216 g/mol. The highest BCUT2D eigenvalue weighted by molar-refractivity contribution is 7.80. The maximum Gasteiger partial charge on any atom is 0.471 e. The number of hydrogen-bond donors (Lipinski definition) is 3. The van der Waals surface area contributed by atoms with Crippen LogP contribution >= 0.6 is 12.6 Å². The van der Waals surface area contributed by atoms with Gasteiger partial charge in [-0.05, 0) is 0 Å². The third-order valence-electron chi connectivity index (χ3n) is 1.03. The fraction of sp³-hybridized carbons (Fsp3) is 0.600. The summed E-state index contributed by atoms with van der Waals surface area (Å²) in [5, 5.41) is 1.09. The van der Waals surface area contributed by atoms with E-state index in [1.807, 2.05) is 0 Å². The highest BCUT2D eigenvalue weighted by Crippen LogP contribution is 2.13. The van der Waals surface area contributed by atoms with Crippen molar-refractivity contribution in [2.75, 3.05) is 5.75 Å². The lowest BCUT2D eigenvalue weighted by atomic mass is 10.3. The molecule has 8 heteroatoms. The number of thiol groups is 1. The Balaban J connectivity index is 4.16. The minimum atomic E-state index is -5.08. The van der Waals surface area contributed by atoms with Crippen molar-refractivity contribution >= 4 is 24.4 Å². The van der Waals surface area contributed by atoms with Crippen molar-refractivity contribution in [3.05, 3.63) is 0 Å². The molecule has 0 heterocycles. The summed E-state index contributed by atoms with van der Waals surface area (Å²) in [5.41, 5.74) is 5.00. The van der Waals surface area contributed by atoms with E-state index in [0.717, 1.165) is 5.32 Å². The Labute approximate surface area is 77.1 Å². The normalized spacial score (nSPS) is 13.6. The second-order valence-electron chi connectivity index (χ2n) is 2.11. The van der Waals surface area contributed by atoms with Crippen molar-refractivity contribution in [2.24, 2.45) is 5.73 Å². The fourth-order valence-corrected chi connectivity index (χ4v) is 0.524. The Morgan fingerprint density at radius 1 is 1.46 bits per heavy atom. The molecule has 0 rings (SSSR count). The van der Waals surface area contributed by atoms with E-state index >= 15 is 0 Å². The van der Waals surface area contributed by atoms with Crippen LogP contribution in [0.4, 0.5) is 13.2 Å². The molecule has 0 bridgehead atoms. The molecule has 13 heavy (non-hydrogen) atoms. The van der Waals surface area contributed by atoms with E-state index in [1.54, 1.807) is 0 Å². The minimum Gasteiger partial charge on any atom is -0.319 e. The summed E-state index contributed by atoms with van der Waals surface area (Å²) in [6, 6.07) is -1.23. The van der Waals surface area contributed by atoms with Crippen LogP contribution in [0.15, 0.2) is 0 Å². The average Bonchev–Trinajstić information content (AvgIpc) is 2.01. The van der Waals surface area contributed by atoms with Crippen LogP contribution in [0.1, 0.15) is 0 Å². The molecule has 0 aliphatic rings. The van der Waals surface area contributed by atoms with E-state index in [4.69, 9.17) is 5.73 Å². The van der Waals surface area contributed by atoms with Gasteiger partial charge in [0.15, 0.2) is 0 Å². The molecule has 0 aromatic heterocycles. The molecule has 2 amide bonds. The topological polar surface area (TPSA) is 72.2 Å². The molecule has 1 atom stereocenters. The summed E-state index contributed by atoms with van der Waals surface area (Å²) in [6.07, 6.45) is -5.08. The van der Waals surface area contributed by atoms with Gasteiger partial charge in [0.2, 0.25) is 5.91 Å². The first-order valence-corrected chi connectivity index (χ1v) is 3.70. The zero-order valence-corrected chi connectivity index (χ0v) is 7.15. The van der Waals surface area contributed by atoms with Gasteiger partial charge >= 0.3 is 12.1 Å². The van der Waals surface area contributed by atoms with Crippen molar-refractivity contribution in [2.45, 2.75) is 12.2 Å². The summed E-state index contributed by atoms with van der Waals surface area (Å²) in [6.45, 7) is 0. The number of rotatable bonds is 2. The number of carbonyl (C=O) groups is 2. The molecule has 0 aliphatic carbocycles. The number of hydrogen-bond acceptors (Lipinski definition) is 4. The van der Waals surface area contributed by atoms with Crippen LogP contribution in [0.5, 0.6) is 0 Å². The number of alkyl halides is 3. The molecular formula is C5H7F3N2O2S. The highest BCUT2D eigenvalue weighted by Gasteiger charge is 2.40. The molecule has 1 unspecified atom stereocenters. The summed E-state index contributed by atoms with van der Waals surface area (Å²) < 4.78 is 34.7. The minimum absolute atomic E-state index is 0.142. The molecule has 0 aliphatic heterocycles. The zero-order chi connectivity index (χ0) is 10.6. The summed E-state index contributed by atoms with van der Waals surface area (Å²) in [4.78, 5) is 20.8. The highest BCUT2D eigenvalue weighted by atomic mass is 32.1. The van der Waals surface area contributed by atoms with Gasteiger partial charge in [0, 0.05) is 5.75 Å². The van der Waals surface area contributed by atoms with Crippen molar-refractivity contribution in [1.29, 1.82) is 0 Å². The van der Waals surface area contributed by atoms with Crippen LogP contribution in [-0.4, -0.2) is 29.8 Å². The van der Waals surface area contributed by atoms with E-state index in [1.165, 1.54) is 0 Å². The van der Waals surface area contributed by atoms with Crippen LogP contribution in [-0.2, 0) is 9.59 Å². The Kier molecular flexibility index (Phi) is 4.21. The van der Waals surface area contributed by atoms with Crippen molar-refractivity contribution < 1.29 is 22.8 Å². The average molecular weight is 216 g/mol. The van der Waals surface area contributed by atoms with Crippen LogP contribution in [0.2, 0.25) is 0 Å². The quantitative estimate of drug-likeness (QED) is 0.542. The third-order valence-corrected chi connectivity index (χ3v) is 1.42. The van der Waals surface area contributed by atoms with Gasteiger partial charge in [0.25, 0.3) is 0 Å². The Morgan fingerprint density at radius 2 is 1.92 bits per heavy atom. The molecule has 0 spiro atoms. The van der Waals surface area contributed by atoms with Crippen LogP contribution < -0.4 is 11.1 Å². The number of amides is 2. The summed E-state index contributed by atoms with van der Waals surface area (Å²) in [5.74, 6) is -3.66. The maximum absolute atomic E-state index is 11.6. The van der Waals surface area contributed by atoms with Gasteiger partial charge in [-0.3, -0.25) is 14.9 Å². The standard InChI is InChI=1S/C5H7F3N2O2S/c6-5(7,8)4(12)10-3(11)2(9)1-13/h2,13H,1,9H2,(H,10,11,12). The van der Waals surface area contributed by atoms with E-state index in [9.17, 15) is 22.8 Å². The smallest absolute Gasteiger partial charge is 0.319 e. The lowest BCUT2D eigenvalue weighted by Crippen LogP contribution is -2.48. The third kappa shape index (κ3) is 4.13. The molecule has 76 valence electrons. The largest absolute Gasteiger partial charge is 0.471 e. The van der Waals surface area contributed by atoms with Crippen LogP contribution in [0, 0.1) is 0 Å². The van der Waals surface area contributed by atoms with Crippen molar-refractivity contribution in [3.8, 4) is 0 Å². The Bertz CT molecular complexity index is 218. The first kappa shape index (κ1) is 12.2. The SMILES string of the molecule is NC(CS)C(=O)NC(=O)C(F)(F)F. The van der Waals surface area contributed by atoms with Crippen LogP contribution in [0.3, 0.4) is 0 Å². The molecule has 0 radical (unpaired) electrons. The predicted molar refractivity (Wildman–Crippen MR) is 41.0 cm³/mol. The molecule has 0 saturated carbocycles. The lowest BCUT2D eigenvalue weighted by Gasteiger charge is -2.09. The molecule has 0 aromatic rings. The Hall–Kier alpha value is -0.760. The maximum atomic E-state index is 11.6. The number of nitrogens with one attached hydrogen (secondary N) is 1.